The second kappa shape index (κ2) is 8.19. The summed E-state index contributed by atoms with van der Waals surface area (Å²) in [6, 6.07) is 15.3. The van der Waals surface area contributed by atoms with Crippen LogP contribution in [0.25, 0.3) is 11.4 Å². The number of anilines is 2. The van der Waals surface area contributed by atoms with E-state index in [0.717, 1.165) is 29.6 Å². The molecule has 3 aromatic rings. The van der Waals surface area contributed by atoms with E-state index in [9.17, 15) is 4.79 Å². The van der Waals surface area contributed by atoms with Crippen LogP contribution >= 0.6 is 11.5 Å². The molecule has 9 heteroatoms. The summed E-state index contributed by atoms with van der Waals surface area (Å²) in [5, 5.41) is 3.84. The predicted octanol–water partition coefficient (Wildman–Crippen LogP) is 3.33. The molecule has 5 rings (SSSR count). The van der Waals surface area contributed by atoms with Crippen LogP contribution in [0.4, 0.5) is 15.6 Å². The van der Waals surface area contributed by atoms with Crippen LogP contribution in [0.1, 0.15) is 0 Å². The number of urea groups is 1. The molecular weight excluding hydrogens is 402 g/mol. The zero-order chi connectivity index (χ0) is 20.3. The van der Waals surface area contributed by atoms with Gasteiger partial charge >= 0.3 is 6.03 Å². The Labute approximate surface area is 178 Å². The van der Waals surface area contributed by atoms with E-state index in [1.165, 1.54) is 11.5 Å². The Bertz CT molecular complexity index is 1030. The lowest BCUT2D eigenvalue weighted by atomic mass is 10.2. The van der Waals surface area contributed by atoms with Gasteiger partial charge in [-0.2, -0.15) is 9.36 Å². The quantitative estimate of drug-likeness (QED) is 0.696. The summed E-state index contributed by atoms with van der Waals surface area (Å²) in [5.41, 5.74) is 1.71. The van der Waals surface area contributed by atoms with Gasteiger partial charge in [-0.15, -0.1) is 0 Å². The number of benzene rings is 2. The molecule has 1 N–H and O–H groups in total. The SMILES string of the molecule is O=C(Nc1ccc2c(c1)OCCO2)N1CCN(c2nc(-c3ccccc3)ns2)CC1. The highest BCUT2D eigenvalue weighted by Crippen LogP contribution is 2.32. The summed E-state index contributed by atoms with van der Waals surface area (Å²) in [4.78, 5) is 21.3. The highest BCUT2D eigenvalue weighted by atomic mass is 32.1. The molecule has 8 nitrogen and oxygen atoms in total. The predicted molar refractivity (Wildman–Crippen MR) is 116 cm³/mol. The molecule has 0 radical (unpaired) electrons. The van der Waals surface area contributed by atoms with Crippen molar-refractivity contribution in [2.45, 2.75) is 0 Å². The summed E-state index contributed by atoms with van der Waals surface area (Å²) >= 11 is 1.40. The van der Waals surface area contributed by atoms with Crippen LogP contribution < -0.4 is 19.7 Å². The van der Waals surface area contributed by atoms with Crippen molar-refractivity contribution >= 4 is 28.4 Å². The molecule has 30 heavy (non-hydrogen) atoms. The molecule has 1 fully saturated rings. The Kier molecular flexibility index (Phi) is 5.10. The first kappa shape index (κ1) is 18.7. The van der Waals surface area contributed by atoms with Gasteiger partial charge in [0, 0.05) is 55.0 Å². The van der Waals surface area contributed by atoms with E-state index >= 15 is 0 Å². The number of carbonyl (C=O) groups excluding carboxylic acids is 1. The normalized spacial score (nSPS) is 15.7. The number of nitrogens with zero attached hydrogens (tertiary/aromatic N) is 4. The molecule has 1 saturated heterocycles. The van der Waals surface area contributed by atoms with Gasteiger partial charge in [-0.05, 0) is 12.1 Å². The van der Waals surface area contributed by atoms with Crippen LogP contribution in [0.3, 0.4) is 0 Å². The van der Waals surface area contributed by atoms with E-state index in [4.69, 9.17) is 9.47 Å². The standard InChI is InChI=1S/C21H21N5O3S/c27-20(22-16-6-7-17-18(14-16)29-13-12-28-17)25-8-10-26(11-9-25)21-23-19(24-30-21)15-4-2-1-3-5-15/h1-7,14H,8-13H2,(H,22,27). The first-order valence-corrected chi connectivity index (χ1v) is 10.6. The van der Waals surface area contributed by atoms with Crippen molar-refractivity contribution in [1.82, 2.24) is 14.3 Å². The van der Waals surface area contributed by atoms with Crippen molar-refractivity contribution in [1.29, 1.82) is 0 Å². The van der Waals surface area contributed by atoms with E-state index < -0.39 is 0 Å². The van der Waals surface area contributed by atoms with E-state index in [-0.39, 0.29) is 6.03 Å². The highest BCUT2D eigenvalue weighted by molar-refractivity contribution is 7.09. The molecule has 3 heterocycles. The van der Waals surface area contributed by atoms with Crippen LogP contribution in [-0.4, -0.2) is 59.7 Å². The monoisotopic (exact) mass is 423 g/mol. The van der Waals surface area contributed by atoms with Crippen LogP contribution in [0.15, 0.2) is 48.5 Å². The fourth-order valence-electron chi connectivity index (χ4n) is 3.47. The molecule has 0 spiro atoms. The van der Waals surface area contributed by atoms with Gasteiger partial charge < -0.3 is 24.6 Å². The van der Waals surface area contributed by atoms with Gasteiger partial charge in [0.2, 0.25) is 5.13 Å². The number of ether oxygens (including phenoxy) is 2. The number of piperazine rings is 1. The van der Waals surface area contributed by atoms with Gasteiger partial charge in [0.25, 0.3) is 0 Å². The summed E-state index contributed by atoms with van der Waals surface area (Å²) in [6.45, 7) is 3.75. The van der Waals surface area contributed by atoms with Crippen LogP contribution in [0.5, 0.6) is 11.5 Å². The number of hydrogen-bond acceptors (Lipinski definition) is 7. The maximum atomic E-state index is 12.7. The molecule has 2 aliphatic heterocycles. The molecule has 0 unspecified atom stereocenters. The zero-order valence-corrected chi connectivity index (χ0v) is 17.1. The third kappa shape index (κ3) is 3.88. The molecule has 154 valence electrons. The van der Waals surface area contributed by atoms with Crippen molar-refractivity contribution in [2.24, 2.45) is 0 Å². The van der Waals surface area contributed by atoms with Crippen molar-refractivity contribution in [3.63, 3.8) is 0 Å². The van der Waals surface area contributed by atoms with Gasteiger partial charge in [-0.3, -0.25) is 0 Å². The second-order valence-corrected chi connectivity index (χ2v) is 7.76. The molecule has 0 bridgehead atoms. The Morgan fingerprint density at radius 2 is 1.73 bits per heavy atom. The Morgan fingerprint density at radius 3 is 2.53 bits per heavy atom. The average molecular weight is 423 g/mol. The van der Waals surface area contributed by atoms with Gasteiger partial charge in [-0.1, -0.05) is 30.3 Å². The lowest BCUT2D eigenvalue weighted by Gasteiger charge is -2.34. The number of carbonyl (C=O) groups is 1. The summed E-state index contributed by atoms with van der Waals surface area (Å²) in [5.74, 6) is 2.11. The number of aromatic nitrogens is 2. The molecule has 2 amide bonds. The number of nitrogens with one attached hydrogen (secondary N) is 1. The summed E-state index contributed by atoms with van der Waals surface area (Å²) in [6.07, 6.45) is 0. The van der Waals surface area contributed by atoms with Gasteiger partial charge in [0.15, 0.2) is 17.3 Å². The van der Waals surface area contributed by atoms with E-state index in [1.807, 2.05) is 47.4 Å². The van der Waals surface area contributed by atoms with Gasteiger partial charge in [0.1, 0.15) is 13.2 Å². The minimum Gasteiger partial charge on any atom is -0.486 e. The van der Waals surface area contributed by atoms with Gasteiger partial charge in [-0.25, -0.2) is 4.79 Å². The third-order valence-electron chi connectivity index (χ3n) is 5.08. The summed E-state index contributed by atoms with van der Waals surface area (Å²) in [7, 11) is 0. The van der Waals surface area contributed by atoms with Crippen LogP contribution in [-0.2, 0) is 0 Å². The average Bonchev–Trinajstić information content (AvgIpc) is 3.30. The Balaban J connectivity index is 1.18. The molecule has 0 aliphatic carbocycles. The largest absolute Gasteiger partial charge is 0.486 e. The molecular formula is C21H21N5O3S. The van der Waals surface area contributed by atoms with Crippen molar-refractivity contribution in [2.75, 3.05) is 49.6 Å². The van der Waals surface area contributed by atoms with Crippen molar-refractivity contribution in [3.05, 3.63) is 48.5 Å². The number of hydrogen-bond donors (Lipinski definition) is 1. The Hall–Kier alpha value is -3.33. The number of fused-ring (bicyclic) bond motifs is 1. The Morgan fingerprint density at radius 1 is 0.967 bits per heavy atom. The zero-order valence-electron chi connectivity index (χ0n) is 16.3. The fourth-order valence-corrected chi connectivity index (χ4v) is 4.21. The summed E-state index contributed by atoms with van der Waals surface area (Å²) < 4.78 is 15.6. The molecule has 2 aliphatic rings. The van der Waals surface area contributed by atoms with Crippen molar-refractivity contribution < 1.29 is 14.3 Å². The minimum absolute atomic E-state index is 0.117. The lowest BCUT2D eigenvalue weighted by Crippen LogP contribution is -2.50. The van der Waals surface area contributed by atoms with Crippen molar-refractivity contribution in [3.8, 4) is 22.9 Å². The minimum atomic E-state index is -0.117. The number of rotatable bonds is 3. The van der Waals surface area contributed by atoms with E-state index in [2.05, 4.69) is 19.6 Å². The third-order valence-corrected chi connectivity index (χ3v) is 5.86. The smallest absolute Gasteiger partial charge is 0.321 e. The highest BCUT2D eigenvalue weighted by Gasteiger charge is 2.24. The topological polar surface area (TPSA) is 79.8 Å². The molecule has 0 atom stereocenters. The van der Waals surface area contributed by atoms with Crippen LogP contribution in [0, 0.1) is 0 Å². The molecule has 1 aromatic heterocycles. The van der Waals surface area contributed by atoms with E-state index in [0.29, 0.717) is 43.5 Å². The maximum absolute atomic E-state index is 12.7. The maximum Gasteiger partial charge on any atom is 0.321 e. The number of amides is 2. The molecule has 0 saturated carbocycles. The van der Waals surface area contributed by atoms with E-state index in [1.54, 1.807) is 6.07 Å². The fraction of sp³-hybridized carbons (Fsp3) is 0.286. The van der Waals surface area contributed by atoms with Crippen LogP contribution in [0.2, 0.25) is 0 Å². The van der Waals surface area contributed by atoms with Gasteiger partial charge in [0.05, 0.1) is 0 Å². The first-order chi connectivity index (χ1) is 14.8. The second-order valence-electron chi connectivity index (χ2n) is 7.03. The first-order valence-electron chi connectivity index (χ1n) is 9.86. The molecule has 2 aromatic carbocycles. The lowest BCUT2D eigenvalue weighted by molar-refractivity contribution is 0.171.